The molecule has 4 nitrogen and oxygen atoms in total. The van der Waals surface area contributed by atoms with Gasteiger partial charge in [-0.1, -0.05) is 6.07 Å². The van der Waals surface area contributed by atoms with E-state index >= 15 is 0 Å². The molecule has 0 unspecified atom stereocenters. The van der Waals surface area contributed by atoms with E-state index in [4.69, 9.17) is 0 Å². The zero-order valence-corrected chi connectivity index (χ0v) is 13.5. The molecule has 0 fully saturated rings. The van der Waals surface area contributed by atoms with E-state index in [9.17, 15) is 18.0 Å². The van der Waals surface area contributed by atoms with Gasteiger partial charge in [0.1, 0.15) is 5.65 Å². The molecule has 3 aromatic rings. The maximum atomic E-state index is 12.5. The van der Waals surface area contributed by atoms with Crippen LogP contribution in [0, 0.1) is 6.92 Å². The average molecular weight is 347 g/mol. The van der Waals surface area contributed by atoms with Crippen LogP contribution in [0.2, 0.25) is 0 Å². The SMILES string of the molecule is Cc1cccn2cc(CCNC(=O)c3ccc(C(F)(F)F)cc3)nc12. The maximum absolute atomic E-state index is 12.5. The Kier molecular flexibility index (Phi) is 4.48. The van der Waals surface area contributed by atoms with Crippen molar-refractivity contribution in [1.29, 1.82) is 0 Å². The first kappa shape index (κ1) is 17.0. The topological polar surface area (TPSA) is 46.4 Å². The summed E-state index contributed by atoms with van der Waals surface area (Å²) in [5, 5.41) is 2.70. The van der Waals surface area contributed by atoms with Crippen molar-refractivity contribution < 1.29 is 18.0 Å². The van der Waals surface area contributed by atoms with E-state index in [0.29, 0.717) is 13.0 Å². The summed E-state index contributed by atoms with van der Waals surface area (Å²) in [7, 11) is 0. The molecule has 1 amide bonds. The fraction of sp³-hybridized carbons (Fsp3) is 0.222. The molecule has 7 heteroatoms. The van der Waals surface area contributed by atoms with Gasteiger partial charge in [-0.3, -0.25) is 4.79 Å². The van der Waals surface area contributed by atoms with Crippen molar-refractivity contribution in [2.75, 3.05) is 6.54 Å². The highest BCUT2D eigenvalue weighted by Crippen LogP contribution is 2.29. The number of carbonyl (C=O) groups is 1. The minimum Gasteiger partial charge on any atom is -0.352 e. The molecule has 0 saturated heterocycles. The lowest BCUT2D eigenvalue weighted by atomic mass is 10.1. The van der Waals surface area contributed by atoms with Crippen LogP contribution in [-0.4, -0.2) is 21.8 Å². The fourth-order valence-corrected chi connectivity index (χ4v) is 2.54. The molecule has 0 spiro atoms. The zero-order chi connectivity index (χ0) is 18.0. The predicted octanol–water partition coefficient (Wildman–Crippen LogP) is 3.63. The summed E-state index contributed by atoms with van der Waals surface area (Å²) in [5.74, 6) is -0.409. The Morgan fingerprint density at radius 1 is 1.20 bits per heavy atom. The molecule has 1 N–H and O–H groups in total. The van der Waals surface area contributed by atoms with Gasteiger partial charge >= 0.3 is 6.18 Å². The van der Waals surface area contributed by atoms with Crippen LogP contribution in [0.5, 0.6) is 0 Å². The Balaban J connectivity index is 1.59. The van der Waals surface area contributed by atoms with Crippen LogP contribution in [0.1, 0.15) is 27.2 Å². The van der Waals surface area contributed by atoms with E-state index in [1.165, 1.54) is 12.1 Å². The molecule has 2 heterocycles. The second-order valence-electron chi connectivity index (χ2n) is 5.74. The number of nitrogens with one attached hydrogen (secondary N) is 1. The van der Waals surface area contributed by atoms with Crippen LogP contribution >= 0.6 is 0 Å². The van der Waals surface area contributed by atoms with Gasteiger partial charge in [0.25, 0.3) is 5.91 Å². The van der Waals surface area contributed by atoms with Gasteiger partial charge in [0, 0.05) is 30.9 Å². The molecule has 0 radical (unpaired) electrons. The van der Waals surface area contributed by atoms with Crippen molar-refractivity contribution in [3.8, 4) is 0 Å². The zero-order valence-electron chi connectivity index (χ0n) is 13.5. The highest BCUT2D eigenvalue weighted by Gasteiger charge is 2.30. The molecular weight excluding hydrogens is 331 g/mol. The van der Waals surface area contributed by atoms with Crippen LogP contribution in [0.15, 0.2) is 48.8 Å². The number of rotatable bonds is 4. The summed E-state index contributed by atoms with van der Waals surface area (Å²) >= 11 is 0. The summed E-state index contributed by atoms with van der Waals surface area (Å²) in [4.78, 5) is 16.5. The Bertz CT molecular complexity index is 898. The van der Waals surface area contributed by atoms with Gasteiger partial charge in [0.05, 0.1) is 11.3 Å². The number of amides is 1. The maximum Gasteiger partial charge on any atom is 0.416 e. The first-order chi connectivity index (χ1) is 11.8. The van der Waals surface area contributed by atoms with Crippen molar-refractivity contribution in [3.63, 3.8) is 0 Å². The van der Waals surface area contributed by atoms with E-state index in [-0.39, 0.29) is 5.56 Å². The number of aryl methyl sites for hydroxylation is 1. The van der Waals surface area contributed by atoms with Crippen molar-refractivity contribution in [3.05, 3.63) is 71.2 Å². The van der Waals surface area contributed by atoms with Crippen molar-refractivity contribution in [2.24, 2.45) is 0 Å². The number of fused-ring (bicyclic) bond motifs is 1. The molecule has 130 valence electrons. The number of hydrogen-bond acceptors (Lipinski definition) is 2. The number of imidazole rings is 1. The molecule has 0 aliphatic heterocycles. The number of aromatic nitrogens is 2. The third-order valence-electron chi connectivity index (χ3n) is 3.87. The first-order valence-electron chi connectivity index (χ1n) is 7.73. The van der Waals surface area contributed by atoms with Crippen LogP contribution in [0.4, 0.5) is 13.2 Å². The lowest BCUT2D eigenvalue weighted by Gasteiger charge is -2.08. The third kappa shape index (κ3) is 3.81. The van der Waals surface area contributed by atoms with Gasteiger partial charge in [-0.2, -0.15) is 13.2 Å². The van der Waals surface area contributed by atoms with Gasteiger partial charge in [-0.15, -0.1) is 0 Å². The molecule has 0 bridgehead atoms. The summed E-state index contributed by atoms with van der Waals surface area (Å²) in [6.07, 6.45) is -0.0734. The van der Waals surface area contributed by atoms with Gasteiger partial charge in [0.2, 0.25) is 0 Å². The minimum absolute atomic E-state index is 0.193. The minimum atomic E-state index is -4.41. The Morgan fingerprint density at radius 3 is 2.56 bits per heavy atom. The fourth-order valence-electron chi connectivity index (χ4n) is 2.54. The van der Waals surface area contributed by atoms with Crippen molar-refractivity contribution in [2.45, 2.75) is 19.5 Å². The lowest BCUT2D eigenvalue weighted by molar-refractivity contribution is -0.137. The van der Waals surface area contributed by atoms with Gasteiger partial charge in [-0.05, 0) is 42.8 Å². The summed E-state index contributed by atoms with van der Waals surface area (Å²) in [5.41, 5.74) is 2.18. The second kappa shape index (κ2) is 6.58. The van der Waals surface area contributed by atoms with E-state index in [1.54, 1.807) is 0 Å². The smallest absolute Gasteiger partial charge is 0.352 e. The van der Waals surface area contributed by atoms with Gasteiger partial charge < -0.3 is 9.72 Å². The molecule has 0 atom stereocenters. The van der Waals surface area contributed by atoms with E-state index in [0.717, 1.165) is 29.0 Å². The van der Waals surface area contributed by atoms with Crippen molar-refractivity contribution in [1.82, 2.24) is 14.7 Å². The summed E-state index contributed by atoms with van der Waals surface area (Å²) in [6.45, 7) is 2.32. The largest absolute Gasteiger partial charge is 0.416 e. The predicted molar refractivity (Wildman–Crippen MR) is 87.4 cm³/mol. The third-order valence-corrected chi connectivity index (χ3v) is 3.87. The molecule has 3 rings (SSSR count). The quantitative estimate of drug-likeness (QED) is 0.783. The van der Waals surface area contributed by atoms with Crippen LogP contribution < -0.4 is 5.32 Å². The summed E-state index contributed by atoms with van der Waals surface area (Å²) < 4.78 is 39.5. The molecule has 0 aliphatic carbocycles. The van der Waals surface area contributed by atoms with Crippen molar-refractivity contribution >= 4 is 11.6 Å². The standard InChI is InChI=1S/C18H16F3N3O/c1-12-3-2-10-24-11-15(23-16(12)24)8-9-22-17(25)13-4-6-14(7-5-13)18(19,20)21/h2-7,10-11H,8-9H2,1H3,(H,22,25). The molecule has 25 heavy (non-hydrogen) atoms. The lowest BCUT2D eigenvalue weighted by Crippen LogP contribution is -2.25. The Labute approximate surface area is 142 Å². The molecule has 0 aliphatic rings. The van der Waals surface area contributed by atoms with E-state index in [1.807, 2.05) is 35.9 Å². The number of halogens is 3. The number of benzene rings is 1. The number of hydrogen-bond donors (Lipinski definition) is 1. The van der Waals surface area contributed by atoms with E-state index in [2.05, 4.69) is 10.3 Å². The molecule has 2 aromatic heterocycles. The summed E-state index contributed by atoms with van der Waals surface area (Å²) in [6, 6.07) is 8.05. The monoisotopic (exact) mass is 347 g/mol. The number of alkyl halides is 3. The van der Waals surface area contributed by atoms with Crippen LogP contribution in [-0.2, 0) is 12.6 Å². The molecule has 1 aromatic carbocycles. The van der Waals surface area contributed by atoms with Gasteiger partial charge in [-0.25, -0.2) is 4.98 Å². The number of carbonyl (C=O) groups excluding carboxylic acids is 1. The molecule has 0 saturated carbocycles. The molecular formula is C18H16F3N3O. The Morgan fingerprint density at radius 2 is 1.92 bits per heavy atom. The van der Waals surface area contributed by atoms with E-state index < -0.39 is 17.6 Å². The number of nitrogens with zero attached hydrogens (tertiary/aromatic N) is 2. The van der Waals surface area contributed by atoms with Gasteiger partial charge in [0.15, 0.2) is 0 Å². The van der Waals surface area contributed by atoms with Crippen LogP contribution in [0.25, 0.3) is 5.65 Å². The normalized spacial score (nSPS) is 11.7. The highest BCUT2D eigenvalue weighted by atomic mass is 19.4. The highest BCUT2D eigenvalue weighted by molar-refractivity contribution is 5.94. The van der Waals surface area contributed by atoms with Crippen LogP contribution in [0.3, 0.4) is 0 Å². The first-order valence-corrected chi connectivity index (χ1v) is 7.73. The Hall–Kier alpha value is -2.83. The average Bonchev–Trinajstić information content (AvgIpc) is 2.98. The number of pyridine rings is 1. The second-order valence-corrected chi connectivity index (χ2v) is 5.74.